The molecular weight excluding hydrogens is 287 g/mol. The molecule has 2 heteroatoms. The summed E-state index contributed by atoms with van der Waals surface area (Å²) in [5.41, 5.74) is 2.31. The Morgan fingerprint density at radius 3 is 2.64 bits per heavy atom. The fraction of sp³-hybridized carbons (Fsp3) is 0.0500. The second-order valence-electron chi connectivity index (χ2n) is 5.61. The maximum absolute atomic E-state index is 6.22. The molecule has 5 rings (SSSR count). The smallest absolute Gasteiger partial charge is 0.208 e. The lowest BCUT2D eigenvalue weighted by Gasteiger charge is -2.02. The molecule has 1 aromatic heterocycles. The van der Waals surface area contributed by atoms with Crippen molar-refractivity contribution in [3.63, 3.8) is 0 Å². The molecular formula is C20H14OP+. The van der Waals surface area contributed by atoms with Crippen LogP contribution in [0.1, 0.15) is 12.2 Å². The minimum absolute atomic E-state index is 0.473. The number of hydrogen-bond donors (Lipinski definition) is 0. The van der Waals surface area contributed by atoms with Gasteiger partial charge >= 0.3 is 0 Å². The number of furan rings is 1. The van der Waals surface area contributed by atoms with Gasteiger partial charge in [0, 0.05) is 6.42 Å². The van der Waals surface area contributed by atoms with Gasteiger partial charge in [-0.05, 0) is 30.3 Å². The van der Waals surface area contributed by atoms with Crippen LogP contribution in [-0.4, -0.2) is 5.29 Å². The fourth-order valence-corrected chi connectivity index (χ4v) is 6.21. The van der Waals surface area contributed by atoms with Crippen LogP contribution in [0.15, 0.2) is 77.2 Å². The van der Waals surface area contributed by atoms with Crippen molar-refractivity contribution >= 4 is 40.0 Å². The highest BCUT2D eigenvalue weighted by Gasteiger charge is 2.43. The molecule has 0 amide bonds. The maximum Gasteiger partial charge on any atom is 0.208 e. The van der Waals surface area contributed by atoms with E-state index >= 15 is 0 Å². The molecule has 22 heavy (non-hydrogen) atoms. The first-order valence-electron chi connectivity index (χ1n) is 7.53. The van der Waals surface area contributed by atoms with Crippen LogP contribution in [0.2, 0.25) is 0 Å². The number of rotatable bonds is 1. The molecule has 2 heterocycles. The van der Waals surface area contributed by atoms with Crippen LogP contribution < -0.4 is 10.6 Å². The van der Waals surface area contributed by atoms with E-state index in [9.17, 15) is 0 Å². The first-order chi connectivity index (χ1) is 10.9. The van der Waals surface area contributed by atoms with Crippen molar-refractivity contribution in [2.24, 2.45) is 0 Å². The van der Waals surface area contributed by atoms with Gasteiger partial charge in [0.2, 0.25) is 5.30 Å². The Hall–Kier alpha value is -2.37. The molecule has 0 bridgehead atoms. The van der Waals surface area contributed by atoms with E-state index in [-0.39, 0.29) is 0 Å². The van der Waals surface area contributed by atoms with Crippen LogP contribution in [0, 0.1) is 0 Å². The zero-order valence-electron chi connectivity index (χ0n) is 12.0. The first kappa shape index (κ1) is 12.2. The lowest BCUT2D eigenvalue weighted by Crippen LogP contribution is -2.07. The van der Waals surface area contributed by atoms with E-state index in [4.69, 9.17) is 4.42 Å². The molecule has 2 aliphatic rings. The number of fused-ring (bicyclic) bond motifs is 5. The third-order valence-electron chi connectivity index (χ3n) is 4.34. The van der Waals surface area contributed by atoms with Crippen LogP contribution in [0.25, 0.3) is 16.5 Å². The minimum Gasteiger partial charge on any atom is -0.451 e. The normalized spacial score (nSPS) is 17.5. The Morgan fingerprint density at radius 1 is 0.909 bits per heavy atom. The van der Waals surface area contributed by atoms with Gasteiger partial charge in [0.1, 0.15) is 10.9 Å². The molecule has 1 nitrogen and oxygen atoms in total. The lowest BCUT2D eigenvalue weighted by molar-refractivity contribution is 0.605. The largest absolute Gasteiger partial charge is 0.451 e. The molecule has 104 valence electrons. The third kappa shape index (κ3) is 1.58. The van der Waals surface area contributed by atoms with E-state index in [2.05, 4.69) is 66.8 Å². The summed E-state index contributed by atoms with van der Waals surface area (Å²) in [6.45, 7) is 0. The summed E-state index contributed by atoms with van der Waals surface area (Å²) in [4.78, 5) is 0. The van der Waals surface area contributed by atoms with Crippen LogP contribution >= 0.6 is 7.55 Å². The molecule has 0 saturated heterocycles. The summed E-state index contributed by atoms with van der Waals surface area (Å²) in [6, 6.07) is 19.3. The molecule has 0 fully saturated rings. The highest BCUT2D eigenvalue weighted by Crippen LogP contribution is 2.45. The molecule has 3 aromatic rings. The van der Waals surface area contributed by atoms with Gasteiger partial charge in [-0.1, -0.05) is 42.5 Å². The van der Waals surface area contributed by atoms with E-state index in [0.29, 0.717) is 0 Å². The van der Waals surface area contributed by atoms with Crippen molar-refractivity contribution < 1.29 is 4.42 Å². The molecule has 0 N–H and O–H groups in total. The molecule has 2 aromatic carbocycles. The van der Waals surface area contributed by atoms with Gasteiger partial charge in [-0.3, -0.25) is 0 Å². The highest BCUT2D eigenvalue weighted by molar-refractivity contribution is 7.76. The summed E-state index contributed by atoms with van der Waals surface area (Å²) in [5.74, 6) is 1.09. The molecule has 1 aliphatic heterocycles. The monoisotopic (exact) mass is 301 g/mol. The summed E-state index contributed by atoms with van der Waals surface area (Å²) in [7, 11) is -0.473. The molecule has 0 radical (unpaired) electrons. The summed E-state index contributed by atoms with van der Waals surface area (Å²) < 4.78 is 6.22. The van der Waals surface area contributed by atoms with Crippen molar-refractivity contribution in [2.45, 2.75) is 6.42 Å². The third-order valence-corrected chi connectivity index (χ3v) is 7.01. The van der Waals surface area contributed by atoms with Gasteiger partial charge in [-0.2, -0.15) is 0 Å². The van der Waals surface area contributed by atoms with Gasteiger partial charge < -0.3 is 4.42 Å². The highest BCUT2D eigenvalue weighted by atomic mass is 31.1. The number of hydrogen-bond acceptors (Lipinski definition) is 1. The quantitative estimate of drug-likeness (QED) is 0.607. The molecule has 0 spiro atoms. The van der Waals surface area contributed by atoms with Crippen molar-refractivity contribution in [2.75, 3.05) is 0 Å². The number of para-hydroxylation sites is 1. The topological polar surface area (TPSA) is 13.1 Å². The minimum atomic E-state index is -0.473. The van der Waals surface area contributed by atoms with Crippen LogP contribution in [-0.2, 0) is 0 Å². The average Bonchev–Trinajstić information content (AvgIpc) is 3.10. The Bertz CT molecular complexity index is 987. The SMILES string of the molecule is C1=CCC2=[P+](c3ccccc3)c3c(oc4ccccc34)C2=C1. The van der Waals surface area contributed by atoms with Gasteiger partial charge in [0.05, 0.1) is 11.0 Å². The molecule has 1 unspecified atom stereocenters. The van der Waals surface area contributed by atoms with E-state index in [1.165, 1.54) is 26.9 Å². The Balaban J connectivity index is 1.91. The molecule has 0 saturated carbocycles. The second kappa shape index (κ2) is 4.56. The van der Waals surface area contributed by atoms with E-state index in [1.807, 2.05) is 6.07 Å². The summed E-state index contributed by atoms with van der Waals surface area (Å²) >= 11 is 0. The Morgan fingerprint density at radius 2 is 1.73 bits per heavy atom. The van der Waals surface area contributed by atoms with Gasteiger partial charge in [0.15, 0.2) is 18.6 Å². The number of benzene rings is 2. The summed E-state index contributed by atoms with van der Waals surface area (Å²) in [5, 5.41) is 5.62. The van der Waals surface area contributed by atoms with Gasteiger partial charge in [0.25, 0.3) is 0 Å². The number of allylic oxidation sites excluding steroid dienone is 4. The van der Waals surface area contributed by atoms with E-state index in [0.717, 1.165) is 17.8 Å². The predicted molar refractivity (Wildman–Crippen MR) is 95.6 cm³/mol. The van der Waals surface area contributed by atoms with Crippen molar-refractivity contribution in [1.82, 2.24) is 0 Å². The standard InChI is InChI=1S/C20H14OP/c1-2-8-14(9-3-1)22-18-13-7-5-11-16(18)19-20(22)15-10-4-6-12-17(15)21-19/h1-12H,13H2/q+1. The van der Waals surface area contributed by atoms with Crippen LogP contribution in [0.5, 0.6) is 0 Å². The zero-order chi connectivity index (χ0) is 14.5. The van der Waals surface area contributed by atoms with E-state index < -0.39 is 7.55 Å². The lowest BCUT2D eigenvalue weighted by atomic mass is 10.0. The first-order valence-corrected chi connectivity index (χ1v) is 8.88. The van der Waals surface area contributed by atoms with Crippen molar-refractivity contribution in [1.29, 1.82) is 0 Å². The molecule has 1 atom stereocenters. The van der Waals surface area contributed by atoms with Crippen molar-refractivity contribution in [3.8, 4) is 0 Å². The predicted octanol–water partition coefficient (Wildman–Crippen LogP) is 4.39. The summed E-state index contributed by atoms with van der Waals surface area (Å²) in [6.07, 6.45) is 7.65. The molecule has 1 aliphatic carbocycles. The van der Waals surface area contributed by atoms with Crippen LogP contribution in [0.4, 0.5) is 0 Å². The average molecular weight is 301 g/mol. The Kier molecular flexibility index (Phi) is 2.53. The second-order valence-corrected chi connectivity index (χ2v) is 7.78. The van der Waals surface area contributed by atoms with E-state index in [1.54, 1.807) is 0 Å². The zero-order valence-corrected chi connectivity index (χ0v) is 12.9. The van der Waals surface area contributed by atoms with Crippen molar-refractivity contribution in [3.05, 3.63) is 78.6 Å². The van der Waals surface area contributed by atoms with Gasteiger partial charge in [-0.25, -0.2) is 0 Å². The van der Waals surface area contributed by atoms with Crippen LogP contribution in [0.3, 0.4) is 0 Å². The Labute approximate surface area is 130 Å². The van der Waals surface area contributed by atoms with Gasteiger partial charge in [-0.15, -0.1) is 0 Å². The maximum atomic E-state index is 6.22. The fourth-order valence-electron chi connectivity index (χ4n) is 3.40.